The van der Waals surface area contributed by atoms with Crippen LogP contribution in [-0.2, 0) is 9.47 Å². The monoisotopic (exact) mass is 254 g/mol. The Hall–Kier alpha value is -0.610. The van der Waals surface area contributed by atoms with Crippen LogP contribution in [0.25, 0.3) is 0 Å². The van der Waals surface area contributed by atoms with Crippen LogP contribution in [0, 0.1) is 0 Å². The second-order valence-electron chi connectivity index (χ2n) is 4.60. The van der Waals surface area contributed by atoms with Crippen molar-refractivity contribution in [2.24, 2.45) is 0 Å². The first kappa shape index (κ1) is 11.5. The number of benzene rings is 1. The van der Waals surface area contributed by atoms with E-state index in [4.69, 9.17) is 21.1 Å². The number of hydrogen-bond acceptors (Lipinski definition) is 3. The highest BCUT2D eigenvalue weighted by Crippen LogP contribution is 2.42. The lowest BCUT2D eigenvalue weighted by Gasteiger charge is -2.28. The van der Waals surface area contributed by atoms with Gasteiger partial charge in [-0.15, -0.1) is 0 Å². The molecular formula is C13H15ClO3. The lowest BCUT2D eigenvalue weighted by atomic mass is 9.94. The summed E-state index contributed by atoms with van der Waals surface area (Å²) in [7, 11) is 0. The zero-order chi connectivity index (χ0) is 11.8. The van der Waals surface area contributed by atoms with Crippen molar-refractivity contribution in [3.8, 4) is 0 Å². The van der Waals surface area contributed by atoms with Gasteiger partial charge in [0, 0.05) is 23.6 Å². The van der Waals surface area contributed by atoms with Crippen molar-refractivity contribution in [2.45, 2.75) is 31.2 Å². The minimum Gasteiger partial charge on any atom is -0.393 e. The van der Waals surface area contributed by atoms with Crippen molar-refractivity contribution in [2.75, 3.05) is 13.2 Å². The van der Waals surface area contributed by atoms with Gasteiger partial charge >= 0.3 is 0 Å². The summed E-state index contributed by atoms with van der Waals surface area (Å²) in [6, 6.07) is 5.82. The molecule has 0 saturated carbocycles. The van der Waals surface area contributed by atoms with Gasteiger partial charge in [-0.3, -0.25) is 0 Å². The van der Waals surface area contributed by atoms with Gasteiger partial charge in [-0.2, -0.15) is 0 Å². The molecule has 92 valence electrons. The summed E-state index contributed by atoms with van der Waals surface area (Å²) in [5.74, 6) is 0. The first-order valence-corrected chi connectivity index (χ1v) is 6.33. The van der Waals surface area contributed by atoms with Crippen molar-refractivity contribution in [1.82, 2.24) is 0 Å². The molecule has 0 aromatic heterocycles. The van der Waals surface area contributed by atoms with Gasteiger partial charge < -0.3 is 14.6 Å². The molecule has 17 heavy (non-hydrogen) atoms. The third kappa shape index (κ3) is 2.33. The molecule has 0 amide bonds. The van der Waals surface area contributed by atoms with Gasteiger partial charge in [-0.25, -0.2) is 0 Å². The molecule has 2 heterocycles. The Bertz CT molecular complexity index is 417. The van der Waals surface area contributed by atoms with Crippen LogP contribution in [-0.4, -0.2) is 24.4 Å². The van der Waals surface area contributed by atoms with Crippen molar-refractivity contribution in [1.29, 1.82) is 0 Å². The van der Waals surface area contributed by atoms with Gasteiger partial charge in [-0.05, 0) is 18.1 Å². The molecule has 1 N–H and O–H groups in total. The van der Waals surface area contributed by atoms with Gasteiger partial charge in [-0.1, -0.05) is 23.7 Å². The van der Waals surface area contributed by atoms with E-state index in [1.807, 2.05) is 18.2 Å². The van der Waals surface area contributed by atoms with Gasteiger partial charge in [0.2, 0.25) is 0 Å². The molecule has 4 heteroatoms. The van der Waals surface area contributed by atoms with E-state index < -0.39 is 0 Å². The molecule has 0 radical (unpaired) electrons. The third-order valence-corrected chi connectivity index (χ3v) is 3.67. The van der Waals surface area contributed by atoms with Gasteiger partial charge in [0.1, 0.15) is 6.10 Å². The number of rotatable bonds is 2. The predicted molar refractivity (Wildman–Crippen MR) is 64.1 cm³/mol. The van der Waals surface area contributed by atoms with Gasteiger partial charge in [0.25, 0.3) is 0 Å². The van der Waals surface area contributed by atoms with Crippen LogP contribution in [0.5, 0.6) is 0 Å². The van der Waals surface area contributed by atoms with E-state index in [0.29, 0.717) is 19.4 Å². The average molecular weight is 255 g/mol. The maximum Gasteiger partial charge on any atom is 0.108 e. The van der Waals surface area contributed by atoms with Crippen LogP contribution >= 0.6 is 11.6 Å². The quantitative estimate of drug-likeness (QED) is 0.825. The van der Waals surface area contributed by atoms with E-state index in [-0.39, 0.29) is 18.3 Å². The maximum atomic E-state index is 9.71. The molecule has 3 rings (SSSR count). The zero-order valence-electron chi connectivity index (χ0n) is 9.43. The number of epoxide rings is 1. The fourth-order valence-corrected chi connectivity index (χ4v) is 2.69. The summed E-state index contributed by atoms with van der Waals surface area (Å²) in [5, 5.41) is 10.4. The highest BCUT2D eigenvalue weighted by atomic mass is 35.5. The van der Waals surface area contributed by atoms with E-state index in [1.54, 1.807) is 0 Å². The second-order valence-corrected chi connectivity index (χ2v) is 5.01. The summed E-state index contributed by atoms with van der Waals surface area (Å²) >= 11 is 6.22. The molecule has 1 aromatic rings. The Morgan fingerprint density at radius 2 is 2.06 bits per heavy atom. The lowest BCUT2D eigenvalue weighted by molar-refractivity contribution is -0.0452. The largest absolute Gasteiger partial charge is 0.393 e. The highest BCUT2D eigenvalue weighted by molar-refractivity contribution is 6.31. The number of halogens is 1. The number of ether oxygens (including phenoxy) is 2. The zero-order valence-corrected chi connectivity index (χ0v) is 10.2. The molecule has 0 aliphatic carbocycles. The van der Waals surface area contributed by atoms with Crippen LogP contribution in [0.15, 0.2) is 18.2 Å². The second kappa shape index (κ2) is 4.58. The summed E-state index contributed by atoms with van der Waals surface area (Å²) in [5.41, 5.74) is 2.10. The van der Waals surface area contributed by atoms with Crippen molar-refractivity contribution in [3.05, 3.63) is 34.3 Å². The molecule has 2 aliphatic rings. The SMILES string of the molecule is OC1CCOC(c2cccc(Cl)c2C2CO2)C1. The first-order chi connectivity index (χ1) is 8.25. The average Bonchev–Trinajstić information content (AvgIpc) is 3.12. The number of aliphatic hydroxyl groups is 1. The molecule has 1 aromatic carbocycles. The Morgan fingerprint density at radius 3 is 2.76 bits per heavy atom. The lowest BCUT2D eigenvalue weighted by Crippen LogP contribution is -2.24. The van der Waals surface area contributed by atoms with Crippen molar-refractivity contribution < 1.29 is 14.6 Å². The standard InChI is InChI=1S/C13H15ClO3/c14-10-3-1-2-9(13(10)12-7-17-12)11-6-8(15)4-5-16-11/h1-3,8,11-12,15H,4-7H2. The van der Waals surface area contributed by atoms with Crippen LogP contribution in [0.3, 0.4) is 0 Å². The minimum atomic E-state index is -0.277. The normalized spacial score (nSPS) is 32.5. The van der Waals surface area contributed by atoms with Gasteiger partial charge in [0.05, 0.1) is 18.8 Å². The third-order valence-electron chi connectivity index (χ3n) is 3.35. The first-order valence-electron chi connectivity index (χ1n) is 5.95. The molecule has 0 spiro atoms. The highest BCUT2D eigenvalue weighted by Gasteiger charge is 2.33. The Labute approximate surface area is 105 Å². The molecular weight excluding hydrogens is 240 g/mol. The topological polar surface area (TPSA) is 42.0 Å². The molecule has 0 bridgehead atoms. The van der Waals surface area contributed by atoms with E-state index in [1.165, 1.54) is 0 Å². The molecule has 2 aliphatic heterocycles. The Kier molecular flexibility index (Phi) is 3.09. The van der Waals surface area contributed by atoms with Gasteiger partial charge in [0.15, 0.2) is 0 Å². The van der Waals surface area contributed by atoms with Crippen molar-refractivity contribution >= 4 is 11.6 Å². The maximum absolute atomic E-state index is 9.71. The fourth-order valence-electron chi connectivity index (χ4n) is 2.39. The summed E-state index contributed by atoms with van der Waals surface area (Å²) in [6.07, 6.45) is 1.13. The van der Waals surface area contributed by atoms with E-state index >= 15 is 0 Å². The Balaban J connectivity index is 1.93. The van der Waals surface area contributed by atoms with Crippen molar-refractivity contribution in [3.63, 3.8) is 0 Å². The number of aliphatic hydroxyl groups excluding tert-OH is 1. The summed E-state index contributed by atoms with van der Waals surface area (Å²) < 4.78 is 11.1. The summed E-state index contributed by atoms with van der Waals surface area (Å²) in [4.78, 5) is 0. The molecule has 3 atom stereocenters. The van der Waals surface area contributed by atoms with Crippen LogP contribution in [0.4, 0.5) is 0 Å². The minimum absolute atomic E-state index is 0.0587. The fraction of sp³-hybridized carbons (Fsp3) is 0.538. The van der Waals surface area contributed by atoms with Crippen LogP contribution in [0.1, 0.15) is 36.2 Å². The smallest absolute Gasteiger partial charge is 0.108 e. The molecule has 2 fully saturated rings. The summed E-state index contributed by atoms with van der Waals surface area (Å²) in [6.45, 7) is 1.33. The predicted octanol–water partition coefficient (Wildman–Crippen LogP) is 2.62. The molecule has 2 saturated heterocycles. The van der Waals surface area contributed by atoms with E-state index in [0.717, 1.165) is 22.8 Å². The Morgan fingerprint density at radius 1 is 1.24 bits per heavy atom. The van der Waals surface area contributed by atoms with Crippen LogP contribution < -0.4 is 0 Å². The molecule has 3 unspecified atom stereocenters. The van der Waals surface area contributed by atoms with E-state index in [9.17, 15) is 5.11 Å². The van der Waals surface area contributed by atoms with E-state index in [2.05, 4.69) is 0 Å². The molecule has 3 nitrogen and oxygen atoms in total. The number of hydrogen-bond donors (Lipinski definition) is 1. The van der Waals surface area contributed by atoms with Crippen LogP contribution in [0.2, 0.25) is 5.02 Å².